The normalized spacial score (nSPS) is 11.1. The summed E-state index contributed by atoms with van der Waals surface area (Å²) in [4.78, 5) is 20.1. The number of halogens is 2. The van der Waals surface area contributed by atoms with Gasteiger partial charge in [0.2, 0.25) is 0 Å². The second-order valence-corrected chi connectivity index (χ2v) is 10.2. The van der Waals surface area contributed by atoms with Gasteiger partial charge in [0, 0.05) is 10.6 Å². The maximum atomic E-state index is 13.1. The third-order valence-corrected chi connectivity index (χ3v) is 7.02. The molecule has 0 spiro atoms. The van der Waals surface area contributed by atoms with E-state index in [0.717, 1.165) is 0 Å². The lowest BCUT2D eigenvalue weighted by molar-refractivity contribution is 0.0590. The van der Waals surface area contributed by atoms with Crippen LogP contribution < -0.4 is 9.46 Å². The summed E-state index contributed by atoms with van der Waals surface area (Å²) in [5, 5.41) is 10.8. The third kappa shape index (κ3) is 5.77. The summed E-state index contributed by atoms with van der Waals surface area (Å²) in [6, 6.07) is 16.9. The number of hydrogen-bond acceptors (Lipinski definition) is 8. The molecule has 0 aliphatic carbocycles. The van der Waals surface area contributed by atoms with E-state index in [1.807, 2.05) is 0 Å². The Labute approximate surface area is 222 Å². The second-order valence-electron chi connectivity index (χ2n) is 7.62. The van der Waals surface area contributed by atoms with Gasteiger partial charge >= 0.3 is 5.97 Å². The zero-order valence-corrected chi connectivity index (χ0v) is 21.7. The smallest absolute Gasteiger partial charge is 0.360 e. The topological polar surface area (TPSA) is 128 Å². The number of rotatable bonds is 7. The number of esters is 1. The highest BCUT2D eigenvalue weighted by Gasteiger charge is 2.21. The quantitative estimate of drug-likeness (QED) is 0.270. The maximum absolute atomic E-state index is 13.1. The minimum Gasteiger partial charge on any atom is -0.504 e. The fourth-order valence-corrected chi connectivity index (χ4v) is 4.76. The zero-order valence-electron chi connectivity index (χ0n) is 19.4. The molecule has 0 amide bonds. The average Bonchev–Trinajstić information content (AvgIpc) is 2.87. The summed E-state index contributed by atoms with van der Waals surface area (Å²) in [6.07, 6.45) is 0. The number of ether oxygens (including phenoxy) is 2. The molecule has 0 atom stereocenters. The highest BCUT2D eigenvalue weighted by molar-refractivity contribution is 7.92. The van der Waals surface area contributed by atoms with Crippen LogP contribution in [0.1, 0.15) is 16.2 Å². The van der Waals surface area contributed by atoms with Crippen molar-refractivity contribution in [2.75, 3.05) is 11.8 Å². The van der Waals surface area contributed by atoms with Crippen molar-refractivity contribution in [2.45, 2.75) is 11.8 Å². The number of para-hydroxylation sites is 2. The largest absolute Gasteiger partial charge is 0.504 e. The van der Waals surface area contributed by atoms with E-state index < -0.39 is 16.0 Å². The standard InChI is InChI=1S/C25H19Cl2N3O6S/c1-14-23(31)22(25(32)35-2)29-24(28-14)15-7-10-17(11-8-15)37(33,34)30-19-5-3-4-6-21(19)36-20-12-9-16(26)13-18(20)27/h3-13,30-31H,1-2H3. The van der Waals surface area contributed by atoms with Crippen molar-refractivity contribution in [1.82, 2.24) is 9.97 Å². The number of aromatic nitrogens is 2. The Kier molecular flexibility index (Phi) is 7.53. The molecule has 190 valence electrons. The molecule has 0 aliphatic rings. The van der Waals surface area contributed by atoms with Crippen molar-refractivity contribution in [1.29, 1.82) is 0 Å². The minimum absolute atomic E-state index is 0.0423. The van der Waals surface area contributed by atoms with Crippen LogP contribution in [0, 0.1) is 6.92 Å². The highest BCUT2D eigenvalue weighted by Crippen LogP contribution is 2.36. The van der Waals surface area contributed by atoms with E-state index in [4.69, 9.17) is 27.9 Å². The molecule has 1 heterocycles. The lowest BCUT2D eigenvalue weighted by Gasteiger charge is -2.14. The Balaban J connectivity index is 1.60. The van der Waals surface area contributed by atoms with Crippen molar-refractivity contribution in [3.8, 4) is 28.6 Å². The van der Waals surface area contributed by atoms with Crippen LogP contribution in [0.5, 0.6) is 17.2 Å². The molecule has 4 rings (SSSR count). The lowest BCUT2D eigenvalue weighted by Crippen LogP contribution is -2.13. The Morgan fingerprint density at radius 1 is 0.973 bits per heavy atom. The Hall–Kier alpha value is -3.86. The molecule has 4 aromatic rings. The molecule has 0 radical (unpaired) electrons. The lowest BCUT2D eigenvalue weighted by atomic mass is 10.2. The van der Waals surface area contributed by atoms with Gasteiger partial charge < -0.3 is 14.6 Å². The van der Waals surface area contributed by atoms with Crippen LogP contribution in [0.15, 0.2) is 71.6 Å². The molecule has 0 saturated carbocycles. The number of nitrogens with zero attached hydrogens (tertiary/aromatic N) is 2. The molecule has 12 heteroatoms. The number of anilines is 1. The average molecular weight is 560 g/mol. The summed E-state index contributed by atoms with van der Waals surface area (Å²) in [7, 11) is -2.86. The predicted molar refractivity (Wildman–Crippen MR) is 139 cm³/mol. The van der Waals surface area contributed by atoms with Gasteiger partial charge in [0.05, 0.1) is 28.4 Å². The van der Waals surface area contributed by atoms with Crippen molar-refractivity contribution in [3.63, 3.8) is 0 Å². The van der Waals surface area contributed by atoms with Gasteiger partial charge in [0.15, 0.2) is 23.0 Å². The van der Waals surface area contributed by atoms with Crippen LogP contribution >= 0.6 is 23.2 Å². The molecule has 1 aromatic heterocycles. The number of benzene rings is 3. The highest BCUT2D eigenvalue weighted by atomic mass is 35.5. The minimum atomic E-state index is -4.02. The van der Waals surface area contributed by atoms with E-state index in [1.54, 1.807) is 36.4 Å². The summed E-state index contributed by atoms with van der Waals surface area (Å²) >= 11 is 12.1. The van der Waals surface area contributed by atoms with E-state index in [9.17, 15) is 18.3 Å². The molecule has 0 unspecified atom stereocenters. The first-order valence-electron chi connectivity index (χ1n) is 10.6. The van der Waals surface area contributed by atoms with Gasteiger partial charge in [0.25, 0.3) is 10.0 Å². The van der Waals surface area contributed by atoms with Crippen LogP contribution in [-0.4, -0.2) is 36.6 Å². The van der Waals surface area contributed by atoms with E-state index in [2.05, 4.69) is 19.4 Å². The first kappa shape index (κ1) is 26.2. The van der Waals surface area contributed by atoms with Gasteiger partial charge in [-0.25, -0.2) is 23.2 Å². The fraction of sp³-hybridized carbons (Fsp3) is 0.0800. The number of aryl methyl sites for hydroxylation is 1. The number of nitrogens with one attached hydrogen (secondary N) is 1. The SMILES string of the molecule is COC(=O)c1nc(-c2ccc(S(=O)(=O)Nc3ccccc3Oc3ccc(Cl)cc3Cl)cc2)nc(C)c1O. The third-order valence-electron chi connectivity index (χ3n) is 5.11. The van der Waals surface area contributed by atoms with Gasteiger partial charge in [0.1, 0.15) is 5.75 Å². The van der Waals surface area contributed by atoms with Crippen molar-refractivity contribution in [3.05, 3.63) is 88.2 Å². The van der Waals surface area contributed by atoms with E-state index in [0.29, 0.717) is 16.3 Å². The molecule has 3 aromatic carbocycles. The molecule has 0 aliphatic heterocycles. The summed E-state index contributed by atoms with van der Waals surface area (Å²) in [5.74, 6) is -0.563. The zero-order chi connectivity index (χ0) is 26.7. The predicted octanol–water partition coefficient (Wildman–Crippen LogP) is 5.84. The maximum Gasteiger partial charge on any atom is 0.360 e. The Bertz CT molecular complexity index is 1600. The summed E-state index contributed by atoms with van der Waals surface area (Å²) in [5.41, 5.74) is 0.494. The van der Waals surface area contributed by atoms with Crippen LogP contribution in [0.4, 0.5) is 5.69 Å². The van der Waals surface area contributed by atoms with E-state index in [-0.39, 0.29) is 44.3 Å². The molecular formula is C25H19Cl2N3O6S. The summed E-state index contributed by atoms with van der Waals surface area (Å²) < 4.78 is 39.2. The molecule has 37 heavy (non-hydrogen) atoms. The second kappa shape index (κ2) is 10.6. The van der Waals surface area contributed by atoms with E-state index in [1.165, 1.54) is 44.4 Å². The molecule has 0 saturated heterocycles. The van der Waals surface area contributed by atoms with Gasteiger partial charge in [-0.1, -0.05) is 35.3 Å². The van der Waals surface area contributed by atoms with Gasteiger partial charge in [-0.05, 0) is 61.5 Å². The first-order chi connectivity index (χ1) is 17.6. The van der Waals surface area contributed by atoms with Crippen molar-refractivity contribution < 1.29 is 27.8 Å². The fourth-order valence-electron chi connectivity index (χ4n) is 3.24. The van der Waals surface area contributed by atoms with Crippen LogP contribution in [0.3, 0.4) is 0 Å². The molecular weight excluding hydrogens is 541 g/mol. The number of carbonyl (C=O) groups excluding carboxylic acids is 1. The number of carbonyl (C=O) groups is 1. The Morgan fingerprint density at radius 2 is 1.68 bits per heavy atom. The monoisotopic (exact) mass is 559 g/mol. The first-order valence-corrected chi connectivity index (χ1v) is 12.8. The molecule has 2 N–H and O–H groups in total. The Morgan fingerprint density at radius 3 is 2.35 bits per heavy atom. The molecule has 0 fully saturated rings. The number of methoxy groups -OCH3 is 1. The number of aromatic hydroxyl groups is 1. The summed E-state index contributed by atoms with van der Waals surface area (Å²) in [6.45, 7) is 1.51. The number of hydrogen-bond donors (Lipinski definition) is 2. The van der Waals surface area contributed by atoms with Crippen molar-refractivity contribution >= 4 is 44.9 Å². The number of sulfonamides is 1. The van der Waals surface area contributed by atoms with Crippen LogP contribution in [-0.2, 0) is 14.8 Å². The van der Waals surface area contributed by atoms with Crippen LogP contribution in [0.2, 0.25) is 10.0 Å². The van der Waals surface area contributed by atoms with Gasteiger partial charge in [-0.2, -0.15) is 0 Å². The molecule has 9 nitrogen and oxygen atoms in total. The van der Waals surface area contributed by atoms with Gasteiger partial charge in [-0.3, -0.25) is 4.72 Å². The van der Waals surface area contributed by atoms with E-state index >= 15 is 0 Å². The van der Waals surface area contributed by atoms with Crippen molar-refractivity contribution in [2.24, 2.45) is 0 Å². The molecule has 0 bridgehead atoms. The van der Waals surface area contributed by atoms with Crippen LogP contribution in [0.25, 0.3) is 11.4 Å². The van der Waals surface area contributed by atoms with Gasteiger partial charge in [-0.15, -0.1) is 0 Å².